The topological polar surface area (TPSA) is 85.8 Å². The van der Waals surface area contributed by atoms with E-state index >= 15 is 0 Å². The maximum absolute atomic E-state index is 12.1. The quantitative estimate of drug-likeness (QED) is 0.766. The number of nitrogens with one attached hydrogen (secondary N) is 1. The van der Waals surface area contributed by atoms with E-state index in [1.54, 1.807) is 11.4 Å². The Hall–Kier alpha value is -2.66. The summed E-state index contributed by atoms with van der Waals surface area (Å²) in [6.45, 7) is 2.37. The van der Waals surface area contributed by atoms with Crippen molar-refractivity contribution in [3.8, 4) is 0 Å². The van der Waals surface area contributed by atoms with Crippen LogP contribution in [0.5, 0.6) is 0 Å². The first-order valence-corrected chi connectivity index (χ1v) is 7.50. The van der Waals surface area contributed by atoms with Crippen molar-refractivity contribution in [1.82, 2.24) is 0 Å². The Morgan fingerprint density at radius 2 is 1.74 bits per heavy atom. The van der Waals surface area contributed by atoms with Crippen molar-refractivity contribution in [2.45, 2.75) is 25.9 Å². The van der Waals surface area contributed by atoms with E-state index < -0.39 is 12.0 Å². The summed E-state index contributed by atoms with van der Waals surface area (Å²) in [5, 5.41) is 15.6. The zero-order chi connectivity index (χ0) is 16.7. The van der Waals surface area contributed by atoms with Gasteiger partial charge in [0.2, 0.25) is 5.91 Å². The van der Waals surface area contributed by atoms with Gasteiger partial charge in [-0.2, -0.15) is 0 Å². The lowest BCUT2D eigenvalue weighted by Crippen LogP contribution is -2.92. The van der Waals surface area contributed by atoms with Gasteiger partial charge in [0.1, 0.15) is 12.6 Å². The van der Waals surface area contributed by atoms with Gasteiger partial charge in [-0.05, 0) is 18.6 Å². The van der Waals surface area contributed by atoms with Crippen LogP contribution < -0.4 is 15.7 Å². The van der Waals surface area contributed by atoms with E-state index in [4.69, 9.17) is 0 Å². The number of para-hydroxylation sites is 1. The fourth-order valence-electron chi connectivity index (χ4n) is 2.27. The third-order valence-electron chi connectivity index (χ3n) is 3.61. The average molecular weight is 312 g/mol. The van der Waals surface area contributed by atoms with E-state index in [2.05, 4.69) is 5.32 Å². The molecule has 0 aliphatic rings. The lowest BCUT2D eigenvalue weighted by atomic mass is 10.1. The van der Waals surface area contributed by atoms with Gasteiger partial charge in [-0.3, -0.25) is 4.79 Å². The first-order chi connectivity index (χ1) is 11.1. The second-order valence-electron chi connectivity index (χ2n) is 5.42. The molecular weight excluding hydrogens is 292 g/mol. The number of rotatable bonds is 7. The molecule has 0 aliphatic heterocycles. The summed E-state index contributed by atoms with van der Waals surface area (Å²) in [5.74, 6) is -1.57. The summed E-state index contributed by atoms with van der Waals surface area (Å²) in [4.78, 5) is 23.3. The lowest BCUT2D eigenvalue weighted by molar-refractivity contribution is -0.697. The summed E-state index contributed by atoms with van der Waals surface area (Å²) in [6.07, 6.45) is -0.135. The molecule has 1 atom stereocenters. The Morgan fingerprint density at radius 3 is 2.39 bits per heavy atom. The predicted molar refractivity (Wildman–Crippen MR) is 85.3 cm³/mol. The van der Waals surface area contributed by atoms with Crippen molar-refractivity contribution in [2.24, 2.45) is 0 Å². The van der Waals surface area contributed by atoms with Crippen molar-refractivity contribution in [2.75, 3.05) is 5.32 Å². The molecule has 23 heavy (non-hydrogen) atoms. The molecule has 2 rings (SSSR count). The van der Waals surface area contributed by atoms with Crippen LogP contribution in [0.2, 0.25) is 0 Å². The van der Waals surface area contributed by atoms with E-state index in [0.717, 1.165) is 11.1 Å². The number of carboxylic acids is 1. The van der Waals surface area contributed by atoms with Crippen LogP contribution >= 0.6 is 0 Å². The van der Waals surface area contributed by atoms with Crippen LogP contribution in [0.25, 0.3) is 0 Å². The minimum atomic E-state index is -1.24. The average Bonchev–Trinajstić information content (AvgIpc) is 2.54. The van der Waals surface area contributed by atoms with Gasteiger partial charge in [0.25, 0.3) is 0 Å². The highest BCUT2D eigenvalue weighted by Gasteiger charge is 2.18. The number of aliphatic carboxylic acids is 1. The SMILES string of the molecule is Cc1ccccc1NC(=O)CC([NH2+]Cc1ccccc1)C(=O)[O-]. The maximum atomic E-state index is 12.1. The molecule has 0 spiro atoms. The lowest BCUT2D eigenvalue weighted by Gasteiger charge is -2.17. The van der Waals surface area contributed by atoms with Crippen LogP contribution in [0.4, 0.5) is 5.69 Å². The van der Waals surface area contributed by atoms with Gasteiger partial charge in [-0.1, -0.05) is 48.5 Å². The second kappa shape index (κ2) is 8.10. The summed E-state index contributed by atoms with van der Waals surface area (Å²) in [7, 11) is 0. The van der Waals surface area contributed by atoms with Crippen LogP contribution in [0, 0.1) is 6.92 Å². The number of hydrogen-bond donors (Lipinski definition) is 2. The molecule has 120 valence electrons. The highest BCUT2D eigenvalue weighted by atomic mass is 16.4. The molecule has 0 saturated heterocycles. The highest BCUT2D eigenvalue weighted by molar-refractivity contribution is 5.93. The molecular formula is C18H20N2O3. The number of benzene rings is 2. The Bertz CT molecular complexity index is 671. The van der Waals surface area contributed by atoms with Crippen LogP contribution in [0.1, 0.15) is 17.5 Å². The van der Waals surface area contributed by atoms with Gasteiger partial charge in [0.05, 0.1) is 12.4 Å². The van der Waals surface area contributed by atoms with Crippen molar-refractivity contribution >= 4 is 17.6 Å². The van der Waals surface area contributed by atoms with Gasteiger partial charge in [-0.25, -0.2) is 0 Å². The van der Waals surface area contributed by atoms with E-state index in [-0.39, 0.29) is 12.3 Å². The third-order valence-corrected chi connectivity index (χ3v) is 3.61. The predicted octanol–water partition coefficient (Wildman–Crippen LogP) is 0.206. The number of quaternary nitrogens is 1. The van der Waals surface area contributed by atoms with Crippen molar-refractivity contribution in [1.29, 1.82) is 0 Å². The van der Waals surface area contributed by atoms with Gasteiger partial charge in [-0.15, -0.1) is 0 Å². The molecule has 1 unspecified atom stereocenters. The summed E-state index contributed by atoms with van der Waals surface area (Å²) in [5.41, 5.74) is 2.62. The summed E-state index contributed by atoms with van der Waals surface area (Å²) in [6, 6.07) is 16.0. The molecule has 3 N–H and O–H groups in total. The molecule has 5 heteroatoms. The Balaban J connectivity index is 1.92. The van der Waals surface area contributed by atoms with Gasteiger partial charge >= 0.3 is 0 Å². The van der Waals surface area contributed by atoms with Gasteiger partial charge in [0, 0.05) is 11.3 Å². The normalized spacial score (nSPS) is 11.7. The van der Waals surface area contributed by atoms with Gasteiger partial charge in [0.15, 0.2) is 0 Å². The fraction of sp³-hybridized carbons (Fsp3) is 0.222. The fourth-order valence-corrected chi connectivity index (χ4v) is 2.27. The summed E-state index contributed by atoms with van der Waals surface area (Å²) < 4.78 is 0. The number of carbonyl (C=O) groups excluding carboxylic acids is 2. The van der Waals surface area contributed by atoms with Crippen LogP contribution in [0.3, 0.4) is 0 Å². The second-order valence-corrected chi connectivity index (χ2v) is 5.42. The zero-order valence-corrected chi connectivity index (χ0v) is 13.0. The molecule has 0 radical (unpaired) electrons. The molecule has 0 aliphatic carbocycles. The largest absolute Gasteiger partial charge is 0.544 e. The minimum absolute atomic E-state index is 0.135. The molecule has 5 nitrogen and oxygen atoms in total. The number of aryl methyl sites for hydroxylation is 1. The molecule has 0 aromatic heterocycles. The molecule has 0 heterocycles. The maximum Gasteiger partial charge on any atom is 0.230 e. The van der Waals surface area contributed by atoms with Crippen molar-refractivity contribution in [3.05, 3.63) is 65.7 Å². The van der Waals surface area contributed by atoms with Crippen LogP contribution in [0.15, 0.2) is 54.6 Å². The number of amides is 1. The highest BCUT2D eigenvalue weighted by Crippen LogP contribution is 2.13. The zero-order valence-electron chi connectivity index (χ0n) is 13.0. The third kappa shape index (κ3) is 5.23. The standard InChI is InChI=1S/C18H20N2O3/c1-13-7-5-6-10-15(13)20-17(21)11-16(18(22)23)19-12-14-8-3-2-4-9-14/h2-10,16,19H,11-12H2,1H3,(H,20,21)(H,22,23). The van der Waals surface area contributed by atoms with Crippen molar-refractivity contribution < 1.29 is 20.0 Å². The molecule has 0 saturated carbocycles. The van der Waals surface area contributed by atoms with Crippen molar-refractivity contribution in [3.63, 3.8) is 0 Å². The Kier molecular flexibility index (Phi) is 5.88. The number of anilines is 1. The molecule has 0 fully saturated rings. The van der Waals surface area contributed by atoms with Crippen LogP contribution in [-0.2, 0) is 16.1 Å². The van der Waals surface area contributed by atoms with E-state index in [1.165, 1.54) is 0 Å². The summed E-state index contributed by atoms with van der Waals surface area (Å²) >= 11 is 0. The number of carboxylic acid groups (broad SMARTS) is 1. The van der Waals surface area contributed by atoms with Gasteiger partial charge < -0.3 is 20.5 Å². The Morgan fingerprint density at radius 1 is 1.09 bits per heavy atom. The first-order valence-electron chi connectivity index (χ1n) is 7.50. The molecule has 2 aromatic rings. The van der Waals surface area contributed by atoms with E-state index in [9.17, 15) is 14.7 Å². The van der Waals surface area contributed by atoms with E-state index in [0.29, 0.717) is 12.2 Å². The van der Waals surface area contributed by atoms with E-state index in [1.807, 2.05) is 55.5 Å². The van der Waals surface area contributed by atoms with Crippen LogP contribution in [-0.4, -0.2) is 17.9 Å². The minimum Gasteiger partial charge on any atom is -0.544 e. The number of nitrogens with two attached hydrogens (primary N) is 1. The number of hydrogen-bond acceptors (Lipinski definition) is 3. The Labute approximate surface area is 135 Å². The molecule has 0 bridgehead atoms. The monoisotopic (exact) mass is 312 g/mol. The molecule has 1 amide bonds. The number of carbonyl (C=O) groups is 2. The smallest absolute Gasteiger partial charge is 0.230 e. The first kappa shape index (κ1) is 16.7. The molecule has 2 aromatic carbocycles.